The highest BCUT2D eigenvalue weighted by molar-refractivity contribution is 5.99. The topological polar surface area (TPSA) is 71.8 Å². The summed E-state index contributed by atoms with van der Waals surface area (Å²) >= 11 is 0. The molecule has 1 N–H and O–H groups in total. The van der Waals surface area contributed by atoms with Gasteiger partial charge in [0.2, 0.25) is 0 Å². The van der Waals surface area contributed by atoms with Gasteiger partial charge in [-0.3, -0.25) is 9.59 Å². The number of ether oxygens (including phenoxy) is 1. The SMILES string of the molecule is CCOc1ccc2oc(C(=O)NCc3ccc(C(=O)N4CCCCC4)cc3)c(C)c2c1. The van der Waals surface area contributed by atoms with Crippen molar-refractivity contribution in [1.29, 1.82) is 0 Å². The lowest BCUT2D eigenvalue weighted by Crippen LogP contribution is -2.35. The maximum Gasteiger partial charge on any atom is 0.287 e. The van der Waals surface area contributed by atoms with Gasteiger partial charge in [-0.1, -0.05) is 12.1 Å². The molecular formula is C25H28N2O4. The van der Waals surface area contributed by atoms with Crippen molar-refractivity contribution < 1.29 is 18.7 Å². The summed E-state index contributed by atoms with van der Waals surface area (Å²) in [6, 6.07) is 13.0. The van der Waals surface area contributed by atoms with Crippen molar-refractivity contribution in [2.24, 2.45) is 0 Å². The molecule has 0 unspecified atom stereocenters. The van der Waals surface area contributed by atoms with Crippen molar-refractivity contribution >= 4 is 22.8 Å². The normalized spacial score (nSPS) is 13.9. The first kappa shape index (κ1) is 21.0. The molecule has 2 aromatic carbocycles. The molecule has 1 saturated heterocycles. The van der Waals surface area contributed by atoms with Crippen LogP contribution in [0.25, 0.3) is 11.0 Å². The Morgan fingerprint density at radius 2 is 1.81 bits per heavy atom. The van der Waals surface area contributed by atoms with Gasteiger partial charge in [-0.2, -0.15) is 0 Å². The molecule has 2 amide bonds. The number of carbonyl (C=O) groups excluding carboxylic acids is 2. The lowest BCUT2D eigenvalue weighted by atomic mass is 10.1. The van der Waals surface area contributed by atoms with Crippen LogP contribution in [0.1, 0.15) is 58.2 Å². The smallest absolute Gasteiger partial charge is 0.287 e. The average Bonchev–Trinajstić information content (AvgIpc) is 3.14. The number of rotatable bonds is 6. The Kier molecular flexibility index (Phi) is 6.26. The number of hydrogen-bond donors (Lipinski definition) is 1. The van der Waals surface area contributed by atoms with E-state index in [0.29, 0.717) is 30.1 Å². The zero-order valence-corrected chi connectivity index (χ0v) is 18.1. The van der Waals surface area contributed by atoms with Gasteiger partial charge in [0.05, 0.1) is 6.61 Å². The van der Waals surface area contributed by atoms with Crippen LogP contribution in [0.5, 0.6) is 5.75 Å². The van der Waals surface area contributed by atoms with E-state index in [9.17, 15) is 9.59 Å². The lowest BCUT2D eigenvalue weighted by Gasteiger charge is -2.26. The first-order valence-electron chi connectivity index (χ1n) is 10.9. The monoisotopic (exact) mass is 420 g/mol. The van der Waals surface area contributed by atoms with Gasteiger partial charge >= 0.3 is 0 Å². The maximum atomic E-state index is 12.7. The molecule has 1 aliphatic rings. The zero-order valence-electron chi connectivity index (χ0n) is 18.1. The van der Waals surface area contributed by atoms with Crippen LogP contribution in [0.4, 0.5) is 0 Å². The minimum absolute atomic E-state index is 0.0830. The van der Waals surface area contributed by atoms with Crippen molar-refractivity contribution in [3.05, 3.63) is 64.9 Å². The van der Waals surface area contributed by atoms with E-state index < -0.39 is 0 Å². The lowest BCUT2D eigenvalue weighted by molar-refractivity contribution is 0.0724. The molecule has 4 rings (SSSR count). The Morgan fingerprint density at radius 3 is 2.52 bits per heavy atom. The number of aryl methyl sites for hydroxylation is 1. The van der Waals surface area contributed by atoms with E-state index in [1.807, 2.05) is 61.2 Å². The summed E-state index contributed by atoms with van der Waals surface area (Å²) in [4.78, 5) is 27.2. The number of nitrogens with one attached hydrogen (secondary N) is 1. The first-order valence-corrected chi connectivity index (χ1v) is 10.9. The molecule has 2 heterocycles. The standard InChI is InChI=1S/C25H28N2O4/c1-3-30-20-11-12-22-21(15-20)17(2)23(31-22)24(28)26-16-18-7-9-19(10-8-18)25(29)27-13-5-4-6-14-27/h7-12,15H,3-6,13-14,16H2,1-2H3,(H,26,28). The number of nitrogens with zero attached hydrogens (tertiary/aromatic N) is 1. The third-order valence-corrected chi connectivity index (χ3v) is 5.72. The van der Waals surface area contributed by atoms with Gasteiger partial charge < -0.3 is 19.4 Å². The molecule has 1 aromatic heterocycles. The van der Waals surface area contributed by atoms with Crippen molar-refractivity contribution in [2.75, 3.05) is 19.7 Å². The minimum Gasteiger partial charge on any atom is -0.494 e. The highest BCUT2D eigenvalue weighted by atomic mass is 16.5. The van der Waals surface area contributed by atoms with Gasteiger partial charge in [0.15, 0.2) is 5.76 Å². The van der Waals surface area contributed by atoms with Crippen LogP contribution in [0.15, 0.2) is 46.9 Å². The number of fused-ring (bicyclic) bond motifs is 1. The molecule has 6 heteroatoms. The molecule has 0 radical (unpaired) electrons. The summed E-state index contributed by atoms with van der Waals surface area (Å²) in [6.45, 7) is 6.41. The van der Waals surface area contributed by atoms with E-state index in [2.05, 4.69) is 5.32 Å². The van der Waals surface area contributed by atoms with Crippen LogP contribution in [-0.2, 0) is 6.54 Å². The number of likely N-dealkylation sites (tertiary alicyclic amines) is 1. The number of piperidine rings is 1. The molecule has 6 nitrogen and oxygen atoms in total. The van der Waals surface area contributed by atoms with Crippen molar-refractivity contribution in [1.82, 2.24) is 10.2 Å². The second-order valence-electron chi connectivity index (χ2n) is 7.88. The first-order chi connectivity index (χ1) is 15.1. The summed E-state index contributed by atoms with van der Waals surface area (Å²) in [6.07, 6.45) is 3.34. The summed E-state index contributed by atoms with van der Waals surface area (Å²) < 4.78 is 11.3. The Hall–Kier alpha value is -3.28. The molecule has 1 fully saturated rings. The third kappa shape index (κ3) is 4.58. The molecule has 162 valence electrons. The van der Waals surface area contributed by atoms with E-state index >= 15 is 0 Å². The second kappa shape index (κ2) is 9.25. The molecule has 0 spiro atoms. The van der Waals surface area contributed by atoms with Crippen LogP contribution >= 0.6 is 0 Å². The highest BCUT2D eigenvalue weighted by Gasteiger charge is 2.19. The fourth-order valence-corrected chi connectivity index (χ4v) is 3.98. The van der Waals surface area contributed by atoms with Crippen molar-refractivity contribution in [3.63, 3.8) is 0 Å². The van der Waals surface area contributed by atoms with Gasteiger partial charge in [-0.25, -0.2) is 0 Å². The van der Waals surface area contributed by atoms with Gasteiger partial charge in [0, 0.05) is 36.1 Å². The molecule has 3 aromatic rings. The van der Waals surface area contributed by atoms with Gasteiger partial charge in [-0.15, -0.1) is 0 Å². The maximum absolute atomic E-state index is 12.7. The summed E-state index contributed by atoms with van der Waals surface area (Å²) in [5.41, 5.74) is 3.06. The van der Waals surface area contributed by atoms with Crippen LogP contribution < -0.4 is 10.1 Å². The van der Waals surface area contributed by atoms with Crippen LogP contribution in [0.3, 0.4) is 0 Å². The quantitative estimate of drug-likeness (QED) is 0.628. The number of amides is 2. The van der Waals surface area contributed by atoms with E-state index in [0.717, 1.165) is 48.2 Å². The third-order valence-electron chi connectivity index (χ3n) is 5.72. The number of furan rings is 1. The fourth-order valence-electron chi connectivity index (χ4n) is 3.98. The number of hydrogen-bond acceptors (Lipinski definition) is 4. The zero-order chi connectivity index (χ0) is 21.8. The molecule has 0 atom stereocenters. The van der Waals surface area contributed by atoms with Crippen LogP contribution in [0, 0.1) is 6.92 Å². The Bertz CT molecular complexity index is 1080. The molecule has 0 bridgehead atoms. The highest BCUT2D eigenvalue weighted by Crippen LogP contribution is 2.29. The summed E-state index contributed by atoms with van der Waals surface area (Å²) in [5, 5.41) is 3.78. The summed E-state index contributed by atoms with van der Waals surface area (Å²) in [7, 11) is 0. The van der Waals surface area contributed by atoms with Gasteiger partial charge in [0.1, 0.15) is 11.3 Å². The number of benzene rings is 2. The van der Waals surface area contributed by atoms with E-state index in [4.69, 9.17) is 9.15 Å². The molecule has 31 heavy (non-hydrogen) atoms. The second-order valence-corrected chi connectivity index (χ2v) is 7.88. The Balaban J connectivity index is 1.40. The summed E-state index contributed by atoms with van der Waals surface area (Å²) in [5.74, 6) is 0.880. The van der Waals surface area contributed by atoms with E-state index in [-0.39, 0.29) is 11.8 Å². The van der Waals surface area contributed by atoms with Crippen molar-refractivity contribution in [2.45, 2.75) is 39.7 Å². The Labute approximate surface area is 182 Å². The van der Waals surface area contributed by atoms with Crippen LogP contribution in [-0.4, -0.2) is 36.4 Å². The molecular weight excluding hydrogens is 392 g/mol. The fraction of sp³-hybridized carbons (Fsp3) is 0.360. The van der Waals surface area contributed by atoms with E-state index in [1.54, 1.807) is 0 Å². The minimum atomic E-state index is -0.264. The van der Waals surface area contributed by atoms with Crippen molar-refractivity contribution in [3.8, 4) is 5.75 Å². The average molecular weight is 421 g/mol. The molecule has 0 saturated carbocycles. The predicted octanol–water partition coefficient (Wildman–Crippen LogP) is 4.70. The number of carbonyl (C=O) groups is 2. The van der Waals surface area contributed by atoms with Gasteiger partial charge in [0.25, 0.3) is 11.8 Å². The molecule has 1 aliphatic heterocycles. The van der Waals surface area contributed by atoms with Crippen LogP contribution in [0.2, 0.25) is 0 Å². The van der Waals surface area contributed by atoms with E-state index in [1.165, 1.54) is 6.42 Å². The predicted molar refractivity (Wildman–Crippen MR) is 119 cm³/mol. The largest absolute Gasteiger partial charge is 0.494 e. The Morgan fingerprint density at radius 1 is 1.06 bits per heavy atom. The molecule has 0 aliphatic carbocycles. The van der Waals surface area contributed by atoms with Gasteiger partial charge in [-0.05, 0) is 69.0 Å².